The van der Waals surface area contributed by atoms with Gasteiger partial charge >= 0.3 is 0 Å². The van der Waals surface area contributed by atoms with Gasteiger partial charge in [-0.2, -0.15) is 0 Å². The smallest absolute Gasteiger partial charge is 0.202 e. The molecule has 1 aromatic heterocycles. The van der Waals surface area contributed by atoms with Gasteiger partial charge in [0.2, 0.25) is 5.75 Å². The summed E-state index contributed by atoms with van der Waals surface area (Å²) >= 11 is 12.6. The molecule has 136 valence electrons. The first-order valence-corrected chi connectivity index (χ1v) is 8.60. The third-order valence-electron chi connectivity index (χ3n) is 3.23. The van der Waals surface area contributed by atoms with Crippen LogP contribution in [-0.4, -0.2) is 23.3 Å². The number of rotatable bonds is 6. The second-order valence-electron chi connectivity index (χ2n) is 5.36. The number of allylic oxidation sites excluding steroid dienone is 3. The Morgan fingerprint density at radius 2 is 1.69 bits per heavy atom. The summed E-state index contributed by atoms with van der Waals surface area (Å²) in [5.41, 5.74) is 1.52. The number of aromatic nitrogens is 2. The summed E-state index contributed by atoms with van der Waals surface area (Å²) in [6.45, 7) is 5.72. The molecule has 5 nitrogen and oxygen atoms in total. The van der Waals surface area contributed by atoms with Crippen LogP contribution in [0, 0.1) is 0 Å². The van der Waals surface area contributed by atoms with Crippen molar-refractivity contribution >= 4 is 35.1 Å². The number of nitrogens with zero attached hydrogens (tertiary/aromatic N) is 3. The summed E-state index contributed by atoms with van der Waals surface area (Å²) in [5.74, 6) is 1.49. The first kappa shape index (κ1) is 19.9. The van der Waals surface area contributed by atoms with Crippen LogP contribution in [0.5, 0.6) is 17.2 Å². The molecule has 2 aromatic rings. The maximum Gasteiger partial charge on any atom is 0.202 e. The predicted octanol–water partition coefficient (Wildman–Crippen LogP) is 5.98. The van der Waals surface area contributed by atoms with Crippen molar-refractivity contribution in [2.24, 2.45) is 4.99 Å². The molecule has 7 heteroatoms. The molecule has 0 radical (unpaired) electrons. The van der Waals surface area contributed by atoms with E-state index in [1.807, 2.05) is 45.1 Å². The van der Waals surface area contributed by atoms with E-state index in [1.54, 1.807) is 25.5 Å². The highest BCUT2D eigenvalue weighted by Gasteiger charge is 2.18. The van der Waals surface area contributed by atoms with E-state index in [1.165, 1.54) is 0 Å². The first-order chi connectivity index (χ1) is 12.5. The van der Waals surface area contributed by atoms with Crippen LogP contribution in [0.1, 0.15) is 26.6 Å². The van der Waals surface area contributed by atoms with E-state index in [2.05, 4.69) is 15.0 Å². The first-order valence-electron chi connectivity index (χ1n) is 7.85. The standard InChI is InChI=1S/C19H19Cl2N3O2/c1-5-6-11-22-15(12(2)3)19-23-17(20)16(18(21)24-19)26-14-10-8-7-9-13(14)25-4/h5-11H,1-4H3/b6-5-,22-11?. The van der Waals surface area contributed by atoms with Gasteiger partial charge in [-0.15, -0.1) is 0 Å². The molecule has 0 unspecified atom stereocenters. The van der Waals surface area contributed by atoms with Crippen molar-refractivity contribution < 1.29 is 9.47 Å². The summed E-state index contributed by atoms with van der Waals surface area (Å²) in [5, 5.41) is 0.178. The van der Waals surface area contributed by atoms with Gasteiger partial charge in [-0.25, -0.2) is 9.97 Å². The zero-order valence-electron chi connectivity index (χ0n) is 15.0. The Hall–Kier alpha value is -2.37. The zero-order chi connectivity index (χ0) is 19.1. The number of para-hydroxylation sites is 2. The molecule has 0 amide bonds. The minimum atomic E-state index is 0.0888. The van der Waals surface area contributed by atoms with Crippen LogP contribution >= 0.6 is 23.2 Å². The SMILES string of the molecule is C/C=C\C=NC(=C(C)C)c1nc(Cl)c(Oc2ccccc2OC)c(Cl)n1. The molecular formula is C19H19Cl2N3O2. The van der Waals surface area contributed by atoms with Crippen LogP contribution in [0.4, 0.5) is 0 Å². The lowest BCUT2D eigenvalue weighted by Crippen LogP contribution is -2.00. The van der Waals surface area contributed by atoms with Crippen LogP contribution in [0.15, 0.2) is 47.0 Å². The third-order valence-corrected chi connectivity index (χ3v) is 3.74. The summed E-state index contributed by atoms with van der Waals surface area (Å²) in [7, 11) is 1.55. The largest absolute Gasteiger partial charge is 0.493 e. The number of methoxy groups -OCH3 is 1. The minimum Gasteiger partial charge on any atom is -0.493 e. The van der Waals surface area contributed by atoms with E-state index in [-0.39, 0.29) is 16.1 Å². The molecule has 0 aliphatic rings. The Kier molecular flexibility index (Phi) is 7.18. The molecular weight excluding hydrogens is 373 g/mol. The Morgan fingerprint density at radius 1 is 1.08 bits per heavy atom. The van der Waals surface area contributed by atoms with Crippen molar-refractivity contribution in [2.45, 2.75) is 20.8 Å². The second kappa shape index (κ2) is 9.36. The molecule has 1 aromatic carbocycles. The van der Waals surface area contributed by atoms with Crippen LogP contribution in [-0.2, 0) is 0 Å². The fraction of sp³-hybridized carbons (Fsp3) is 0.211. The molecule has 0 aliphatic heterocycles. The molecule has 0 bridgehead atoms. The molecule has 0 atom stereocenters. The van der Waals surface area contributed by atoms with Crippen LogP contribution in [0.3, 0.4) is 0 Å². The average Bonchev–Trinajstić information content (AvgIpc) is 2.61. The Balaban J connectivity index is 2.43. The van der Waals surface area contributed by atoms with Crippen molar-refractivity contribution in [3.8, 4) is 17.2 Å². The van der Waals surface area contributed by atoms with Crippen LogP contribution < -0.4 is 9.47 Å². The molecule has 0 saturated heterocycles. The van der Waals surface area contributed by atoms with Crippen molar-refractivity contribution in [1.29, 1.82) is 0 Å². The quantitative estimate of drug-likeness (QED) is 0.448. The highest BCUT2D eigenvalue weighted by Crippen LogP contribution is 2.38. The third kappa shape index (κ3) is 4.84. The summed E-state index contributed by atoms with van der Waals surface area (Å²) < 4.78 is 11.0. The summed E-state index contributed by atoms with van der Waals surface area (Å²) in [6, 6.07) is 7.15. The van der Waals surface area contributed by atoms with Gasteiger partial charge < -0.3 is 9.47 Å². The minimum absolute atomic E-state index is 0.0888. The molecule has 0 aliphatic carbocycles. The number of aliphatic imine (C=N–C) groups is 1. The zero-order valence-corrected chi connectivity index (χ0v) is 16.5. The van der Waals surface area contributed by atoms with Gasteiger partial charge in [0.05, 0.1) is 7.11 Å². The second-order valence-corrected chi connectivity index (χ2v) is 6.08. The Morgan fingerprint density at radius 3 is 2.23 bits per heavy atom. The van der Waals surface area contributed by atoms with Gasteiger partial charge in [-0.1, -0.05) is 41.4 Å². The number of benzene rings is 1. The monoisotopic (exact) mass is 391 g/mol. The molecule has 0 N–H and O–H groups in total. The Labute approximate surface area is 163 Å². The number of hydrogen-bond donors (Lipinski definition) is 0. The van der Waals surface area contributed by atoms with E-state index in [0.717, 1.165) is 5.57 Å². The fourth-order valence-electron chi connectivity index (χ4n) is 2.01. The van der Waals surface area contributed by atoms with Gasteiger partial charge in [-0.3, -0.25) is 4.99 Å². The fourth-order valence-corrected chi connectivity index (χ4v) is 2.48. The highest BCUT2D eigenvalue weighted by molar-refractivity contribution is 6.35. The lowest BCUT2D eigenvalue weighted by Gasteiger charge is -2.13. The van der Waals surface area contributed by atoms with Gasteiger partial charge in [-0.05, 0) is 44.6 Å². The van der Waals surface area contributed by atoms with Crippen molar-refractivity contribution in [3.05, 3.63) is 58.1 Å². The molecule has 0 saturated carbocycles. The maximum atomic E-state index is 6.30. The summed E-state index contributed by atoms with van der Waals surface area (Å²) in [4.78, 5) is 13.0. The van der Waals surface area contributed by atoms with Crippen LogP contribution in [0.2, 0.25) is 10.3 Å². The predicted molar refractivity (Wildman–Crippen MR) is 107 cm³/mol. The van der Waals surface area contributed by atoms with E-state index < -0.39 is 0 Å². The lowest BCUT2D eigenvalue weighted by atomic mass is 10.2. The number of halogens is 2. The van der Waals surface area contributed by atoms with Crippen molar-refractivity contribution in [3.63, 3.8) is 0 Å². The van der Waals surface area contributed by atoms with E-state index >= 15 is 0 Å². The molecule has 0 fully saturated rings. The number of hydrogen-bond acceptors (Lipinski definition) is 5. The molecule has 0 spiro atoms. The maximum absolute atomic E-state index is 6.30. The topological polar surface area (TPSA) is 56.6 Å². The van der Waals surface area contributed by atoms with Gasteiger partial charge in [0.1, 0.15) is 5.70 Å². The van der Waals surface area contributed by atoms with E-state index in [0.29, 0.717) is 23.0 Å². The lowest BCUT2D eigenvalue weighted by molar-refractivity contribution is 0.378. The highest BCUT2D eigenvalue weighted by atomic mass is 35.5. The van der Waals surface area contributed by atoms with Gasteiger partial charge in [0.25, 0.3) is 0 Å². The normalized spacial score (nSPS) is 11.2. The molecule has 2 rings (SSSR count). The van der Waals surface area contributed by atoms with E-state index in [9.17, 15) is 0 Å². The average molecular weight is 392 g/mol. The van der Waals surface area contributed by atoms with Crippen LogP contribution in [0.25, 0.3) is 5.70 Å². The van der Waals surface area contributed by atoms with Gasteiger partial charge in [0.15, 0.2) is 27.6 Å². The summed E-state index contributed by atoms with van der Waals surface area (Å²) in [6.07, 6.45) is 5.34. The van der Waals surface area contributed by atoms with E-state index in [4.69, 9.17) is 32.7 Å². The van der Waals surface area contributed by atoms with Gasteiger partial charge in [0, 0.05) is 6.21 Å². The molecule has 26 heavy (non-hydrogen) atoms. The van der Waals surface area contributed by atoms with Crippen molar-refractivity contribution in [2.75, 3.05) is 7.11 Å². The number of ether oxygens (including phenoxy) is 2. The molecule has 1 heterocycles. The Bertz CT molecular complexity index is 850. The van der Waals surface area contributed by atoms with Crippen molar-refractivity contribution in [1.82, 2.24) is 9.97 Å².